The summed E-state index contributed by atoms with van der Waals surface area (Å²) in [5.41, 5.74) is 0. The maximum absolute atomic E-state index is 5.75. The highest BCUT2D eigenvalue weighted by Gasteiger charge is 2.27. The van der Waals surface area contributed by atoms with Crippen LogP contribution in [0.2, 0.25) is 5.15 Å². The molecule has 20 heavy (non-hydrogen) atoms. The molecule has 1 aliphatic rings. The van der Waals surface area contributed by atoms with Gasteiger partial charge in [-0.1, -0.05) is 11.6 Å². The van der Waals surface area contributed by atoms with E-state index >= 15 is 0 Å². The lowest BCUT2D eigenvalue weighted by molar-refractivity contribution is 0.0542. The molecule has 1 saturated heterocycles. The maximum atomic E-state index is 5.75. The summed E-state index contributed by atoms with van der Waals surface area (Å²) in [6.07, 6.45) is 3.07. The van der Waals surface area contributed by atoms with Crippen molar-refractivity contribution in [2.75, 3.05) is 19.7 Å². The van der Waals surface area contributed by atoms with E-state index in [0.717, 1.165) is 29.2 Å². The van der Waals surface area contributed by atoms with Gasteiger partial charge in [-0.15, -0.1) is 11.3 Å². The summed E-state index contributed by atoms with van der Waals surface area (Å²) in [5.74, 6) is 1.01. The fourth-order valence-corrected chi connectivity index (χ4v) is 3.51. The summed E-state index contributed by atoms with van der Waals surface area (Å²) in [4.78, 5) is 14.7. The van der Waals surface area contributed by atoms with Crippen LogP contribution in [0, 0.1) is 5.92 Å². The first-order chi connectivity index (χ1) is 9.69. The van der Waals surface area contributed by atoms with Crippen molar-refractivity contribution in [1.29, 1.82) is 0 Å². The summed E-state index contributed by atoms with van der Waals surface area (Å²) < 4.78 is 6.50. The van der Waals surface area contributed by atoms with E-state index in [4.69, 9.17) is 16.3 Å². The van der Waals surface area contributed by atoms with Crippen LogP contribution in [0.25, 0.3) is 0 Å². The molecule has 1 aliphatic heterocycles. The van der Waals surface area contributed by atoms with Crippen molar-refractivity contribution < 1.29 is 4.74 Å². The van der Waals surface area contributed by atoms with Crippen molar-refractivity contribution in [3.05, 3.63) is 32.5 Å². The van der Waals surface area contributed by atoms with E-state index in [1.165, 1.54) is 6.20 Å². The minimum absolute atomic E-state index is 0.354. The molecule has 0 N–H and O–H groups in total. The Hall–Kier alpha value is -0.760. The number of nitrogens with zero attached hydrogens (tertiary/aromatic N) is 4. The fraction of sp³-hybridized carbons (Fsp3) is 0.417. The highest BCUT2D eigenvalue weighted by Crippen LogP contribution is 2.22. The second-order valence-electron chi connectivity index (χ2n) is 4.62. The molecule has 3 rings (SSSR count). The highest BCUT2D eigenvalue weighted by molar-refractivity contribution is 9.10. The first-order valence-electron chi connectivity index (χ1n) is 6.11. The number of hydrogen-bond donors (Lipinski definition) is 0. The Labute approximate surface area is 134 Å². The van der Waals surface area contributed by atoms with Crippen LogP contribution in [-0.4, -0.2) is 39.5 Å². The van der Waals surface area contributed by atoms with Crippen LogP contribution in [0.1, 0.15) is 5.01 Å². The Morgan fingerprint density at radius 1 is 1.40 bits per heavy atom. The average Bonchev–Trinajstić information content (AvgIpc) is 2.78. The normalized spacial score (nSPS) is 16.1. The maximum Gasteiger partial charge on any atom is 0.233 e. The summed E-state index contributed by atoms with van der Waals surface area (Å²) in [6, 6.07) is 0. The van der Waals surface area contributed by atoms with Gasteiger partial charge >= 0.3 is 0 Å². The van der Waals surface area contributed by atoms with Crippen LogP contribution < -0.4 is 4.74 Å². The smallest absolute Gasteiger partial charge is 0.233 e. The van der Waals surface area contributed by atoms with Crippen LogP contribution in [-0.2, 0) is 6.54 Å². The van der Waals surface area contributed by atoms with Gasteiger partial charge in [0.25, 0.3) is 0 Å². The third-order valence-corrected chi connectivity index (χ3v) is 4.69. The van der Waals surface area contributed by atoms with E-state index in [-0.39, 0.29) is 0 Å². The van der Waals surface area contributed by atoms with Crippen molar-refractivity contribution in [2.45, 2.75) is 6.54 Å². The number of ether oxygens (including phenoxy) is 1. The molecule has 2 aromatic heterocycles. The van der Waals surface area contributed by atoms with Gasteiger partial charge < -0.3 is 4.74 Å². The molecule has 3 heterocycles. The molecule has 0 bridgehead atoms. The molecule has 0 atom stereocenters. The number of halogens is 2. The van der Waals surface area contributed by atoms with Gasteiger partial charge in [-0.25, -0.2) is 4.98 Å². The first kappa shape index (κ1) is 14.2. The summed E-state index contributed by atoms with van der Waals surface area (Å²) >= 11 is 10.8. The van der Waals surface area contributed by atoms with Crippen LogP contribution >= 0.6 is 38.9 Å². The standard InChI is InChI=1S/C12H12BrClN4OS/c13-9-7-20-12(16-9)5-18-3-8(4-18)6-19-11-2-15-1-10(14)17-11/h1-2,7-8H,3-6H2. The Morgan fingerprint density at radius 2 is 2.25 bits per heavy atom. The molecule has 0 amide bonds. The van der Waals surface area contributed by atoms with E-state index < -0.39 is 0 Å². The molecular formula is C12H12BrClN4OS. The van der Waals surface area contributed by atoms with Crippen molar-refractivity contribution in [3.8, 4) is 5.88 Å². The third-order valence-electron chi connectivity index (χ3n) is 2.97. The van der Waals surface area contributed by atoms with E-state index in [1.807, 2.05) is 5.38 Å². The molecule has 106 valence electrons. The molecule has 1 fully saturated rings. The molecular weight excluding hydrogens is 364 g/mol. The van der Waals surface area contributed by atoms with Gasteiger partial charge in [0.1, 0.15) is 9.61 Å². The summed E-state index contributed by atoms with van der Waals surface area (Å²) in [6.45, 7) is 3.59. The van der Waals surface area contributed by atoms with Crippen LogP contribution in [0.5, 0.6) is 5.88 Å². The zero-order chi connectivity index (χ0) is 13.9. The number of hydrogen-bond acceptors (Lipinski definition) is 6. The van der Waals surface area contributed by atoms with Crippen molar-refractivity contribution in [2.24, 2.45) is 5.92 Å². The largest absolute Gasteiger partial charge is 0.476 e. The van der Waals surface area contributed by atoms with Crippen molar-refractivity contribution in [3.63, 3.8) is 0 Å². The second-order valence-corrected chi connectivity index (χ2v) is 6.76. The minimum Gasteiger partial charge on any atom is -0.476 e. The SMILES string of the molecule is Clc1cncc(OCC2CN(Cc3nc(Br)cs3)C2)n1. The molecule has 0 spiro atoms. The minimum atomic E-state index is 0.354. The van der Waals surface area contributed by atoms with E-state index in [0.29, 0.717) is 23.6 Å². The van der Waals surface area contributed by atoms with Crippen LogP contribution in [0.4, 0.5) is 0 Å². The summed E-state index contributed by atoms with van der Waals surface area (Å²) in [7, 11) is 0. The predicted molar refractivity (Wildman–Crippen MR) is 81.1 cm³/mol. The number of thiazole rings is 1. The summed E-state index contributed by atoms with van der Waals surface area (Å²) in [5, 5.41) is 3.50. The van der Waals surface area contributed by atoms with Crippen molar-refractivity contribution in [1.82, 2.24) is 19.9 Å². The van der Waals surface area contributed by atoms with Gasteiger partial charge in [0, 0.05) is 24.4 Å². The number of aromatic nitrogens is 3. The lowest BCUT2D eigenvalue weighted by Gasteiger charge is -2.38. The Bertz CT molecular complexity index is 590. The van der Waals surface area contributed by atoms with Gasteiger partial charge in [-0.05, 0) is 15.9 Å². The molecule has 0 unspecified atom stereocenters. The lowest BCUT2D eigenvalue weighted by Crippen LogP contribution is -2.48. The molecule has 0 saturated carbocycles. The van der Waals surface area contributed by atoms with Gasteiger partial charge in [-0.2, -0.15) is 4.98 Å². The van der Waals surface area contributed by atoms with E-state index in [1.54, 1.807) is 17.5 Å². The molecule has 2 aromatic rings. The van der Waals surface area contributed by atoms with Gasteiger partial charge in [0.15, 0.2) is 5.15 Å². The topological polar surface area (TPSA) is 51.1 Å². The molecule has 0 aliphatic carbocycles. The predicted octanol–water partition coefficient (Wildman–Crippen LogP) is 2.86. The highest BCUT2D eigenvalue weighted by atomic mass is 79.9. The monoisotopic (exact) mass is 374 g/mol. The van der Waals surface area contributed by atoms with Gasteiger partial charge in [0.2, 0.25) is 5.88 Å². The zero-order valence-electron chi connectivity index (χ0n) is 10.5. The molecule has 5 nitrogen and oxygen atoms in total. The quantitative estimate of drug-likeness (QED) is 0.804. The lowest BCUT2D eigenvalue weighted by atomic mass is 10.0. The number of rotatable bonds is 5. The molecule has 0 aromatic carbocycles. The van der Waals surface area contributed by atoms with Crippen LogP contribution in [0.3, 0.4) is 0 Å². The Morgan fingerprint density at radius 3 is 2.95 bits per heavy atom. The average molecular weight is 376 g/mol. The zero-order valence-corrected chi connectivity index (χ0v) is 13.7. The molecule has 0 radical (unpaired) electrons. The van der Waals surface area contributed by atoms with Crippen molar-refractivity contribution >= 4 is 38.9 Å². The fourth-order valence-electron chi connectivity index (χ4n) is 2.06. The van der Waals surface area contributed by atoms with Crippen LogP contribution in [0.15, 0.2) is 22.4 Å². The first-order valence-corrected chi connectivity index (χ1v) is 8.17. The van der Waals surface area contributed by atoms with E-state index in [9.17, 15) is 0 Å². The van der Waals surface area contributed by atoms with E-state index in [2.05, 4.69) is 35.8 Å². The Kier molecular flexibility index (Phi) is 4.50. The third kappa shape index (κ3) is 3.66. The van der Waals surface area contributed by atoms with Gasteiger partial charge in [0.05, 0.1) is 25.5 Å². The Balaban J connectivity index is 1.40. The molecule has 8 heteroatoms. The van der Waals surface area contributed by atoms with Gasteiger partial charge in [-0.3, -0.25) is 9.88 Å². The number of likely N-dealkylation sites (tertiary alicyclic amines) is 1. The second kappa shape index (κ2) is 6.34.